The van der Waals surface area contributed by atoms with E-state index in [2.05, 4.69) is 20.8 Å². The van der Waals surface area contributed by atoms with Crippen molar-refractivity contribution in [1.82, 2.24) is 20.2 Å². The number of rotatable bonds is 5. The average Bonchev–Trinajstić information content (AvgIpc) is 3.23. The molecule has 1 heterocycles. The smallest absolute Gasteiger partial charge is 0.247 e. The Morgan fingerprint density at radius 1 is 1.04 bits per heavy atom. The second-order valence-electron chi connectivity index (χ2n) is 5.86. The van der Waals surface area contributed by atoms with Crippen LogP contribution in [0.25, 0.3) is 5.69 Å². The van der Waals surface area contributed by atoms with Crippen molar-refractivity contribution in [2.45, 2.75) is 18.3 Å². The summed E-state index contributed by atoms with van der Waals surface area (Å²) >= 11 is 0. The van der Waals surface area contributed by atoms with Gasteiger partial charge in [0.2, 0.25) is 5.95 Å². The summed E-state index contributed by atoms with van der Waals surface area (Å²) in [5, 5.41) is 15.1. The molecule has 116 valence electrons. The molecule has 1 aliphatic carbocycles. The number of benzene rings is 2. The third-order valence-corrected chi connectivity index (χ3v) is 4.35. The number of nitrogens with one attached hydrogen (secondary N) is 1. The summed E-state index contributed by atoms with van der Waals surface area (Å²) < 4.78 is 15.7. The SMILES string of the molecule is Fc1ccccc1C1(CNc2nnnn2-c2ccccc2)CC1. The van der Waals surface area contributed by atoms with Gasteiger partial charge in [0, 0.05) is 12.0 Å². The van der Waals surface area contributed by atoms with Crippen LogP contribution in [0.5, 0.6) is 0 Å². The summed E-state index contributed by atoms with van der Waals surface area (Å²) in [7, 11) is 0. The standard InChI is InChI=1S/C17H16FN5/c18-15-9-5-4-8-14(15)17(10-11-17)12-19-16-20-21-22-23(16)13-6-2-1-3-7-13/h1-9H,10-12H2,(H,19,20,22). The third kappa shape index (κ3) is 2.56. The Hall–Kier alpha value is -2.76. The minimum absolute atomic E-state index is 0.144. The van der Waals surface area contributed by atoms with Crippen molar-refractivity contribution in [2.75, 3.05) is 11.9 Å². The van der Waals surface area contributed by atoms with E-state index in [9.17, 15) is 4.39 Å². The molecule has 0 amide bonds. The number of tetrazole rings is 1. The van der Waals surface area contributed by atoms with Gasteiger partial charge in [-0.2, -0.15) is 4.68 Å². The highest BCUT2D eigenvalue weighted by Gasteiger charge is 2.45. The van der Waals surface area contributed by atoms with Gasteiger partial charge in [-0.1, -0.05) is 41.5 Å². The fourth-order valence-electron chi connectivity index (χ4n) is 2.87. The molecule has 4 rings (SSSR count). The second kappa shape index (κ2) is 5.46. The number of halogens is 1. The Balaban J connectivity index is 1.55. The lowest BCUT2D eigenvalue weighted by Gasteiger charge is -2.17. The van der Waals surface area contributed by atoms with Gasteiger partial charge in [0.05, 0.1) is 5.69 Å². The van der Waals surface area contributed by atoms with Crippen molar-refractivity contribution in [1.29, 1.82) is 0 Å². The molecular weight excluding hydrogens is 293 g/mol. The van der Waals surface area contributed by atoms with Crippen molar-refractivity contribution in [3.8, 4) is 5.69 Å². The minimum atomic E-state index is -0.154. The number of anilines is 1. The number of para-hydroxylation sites is 1. The van der Waals surface area contributed by atoms with Gasteiger partial charge in [0.15, 0.2) is 0 Å². The summed E-state index contributed by atoms with van der Waals surface area (Å²) in [5.74, 6) is 0.424. The highest BCUT2D eigenvalue weighted by molar-refractivity contribution is 5.41. The highest BCUT2D eigenvalue weighted by Crippen LogP contribution is 2.48. The van der Waals surface area contributed by atoms with E-state index >= 15 is 0 Å². The van der Waals surface area contributed by atoms with E-state index in [0.717, 1.165) is 24.1 Å². The first-order valence-corrected chi connectivity index (χ1v) is 7.61. The zero-order valence-corrected chi connectivity index (χ0v) is 12.5. The van der Waals surface area contributed by atoms with Crippen LogP contribution < -0.4 is 5.32 Å². The molecule has 0 atom stereocenters. The summed E-state index contributed by atoms with van der Waals surface area (Å²) in [5.41, 5.74) is 1.50. The van der Waals surface area contributed by atoms with Gasteiger partial charge in [0.25, 0.3) is 0 Å². The van der Waals surface area contributed by atoms with Crippen LogP contribution in [-0.2, 0) is 5.41 Å². The maximum Gasteiger partial charge on any atom is 0.247 e. The average molecular weight is 309 g/mol. The van der Waals surface area contributed by atoms with Crippen LogP contribution in [0.3, 0.4) is 0 Å². The van der Waals surface area contributed by atoms with Crippen molar-refractivity contribution in [3.63, 3.8) is 0 Å². The van der Waals surface area contributed by atoms with E-state index in [0.29, 0.717) is 12.5 Å². The first-order valence-electron chi connectivity index (χ1n) is 7.61. The maximum atomic E-state index is 14.1. The third-order valence-electron chi connectivity index (χ3n) is 4.35. The maximum absolute atomic E-state index is 14.1. The van der Waals surface area contributed by atoms with Crippen LogP contribution in [0.1, 0.15) is 18.4 Å². The Morgan fingerprint density at radius 3 is 2.52 bits per heavy atom. The van der Waals surface area contributed by atoms with E-state index in [1.165, 1.54) is 6.07 Å². The largest absolute Gasteiger partial charge is 0.352 e. The quantitative estimate of drug-likeness (QED) is 0.787. The van der Waals surface area contributed by atoms with E-state index in [1.54, 1.807) is 10.7 Å². The number of aromatic nitrogens is 4. The predicted octanol–water partition coefficient (Wildman–Crippen LogP) is 2.95. The van der Waals surface area contributed by atoms with Crippen molar-refractivity contribution in [3.05, 3.63) is 66.0 Å². The molecule has 0 radical (unpaired) electrons. The molecule has 23 heavy (non-hydrogen) atoms. The summed E-state index contributed by atoms with van der Waals surface area (Å²) in [6, 6.07) is 16.7. The topological polar surface area (TPSA) is 55.6 Å². The normalized spacial score (nSPS) is 15.3. The van der Waals surface area contributed by atoms with Crippen molar-refractivity contribution in [2.24, 2.45) is 0 Å². The van der Waals surface area contributed by atoms with Crippen molar-refractivity contribution < 1.29 is 4.39 Å². The molecule has 0 spiro atoms. The van der Waals surface area contributed by atoms with Gasteiger partial charge in [-0.15, -0.1) is 0 Å². The Labute approximate surface area is 133 Å². The molecule has 3 aromatic rings. The van der Waals surface area contributed by atoms with E-state index in [1.807, 2.05) is 42.5 Å². The van der Waals surface area contributed by atoms with Crippen LogP contribution >= 0.6 is 0 Å². The molecule has 5 nitrogen and oxygen atoms in total. The zero-order chi connectivity index (χ0) is 15.7. The number of hydrogen-bond donors (Lipinski definition) is 1. The molecule has 1 N–H and O–H groups in total. The molecule has 1 fully saturated rings. The fourth-order valence-corrected chi connectivity index (χ4v) is 2.87. The van der Waals surface area contributed by atoms with Crippen LogP contribution in [0.4, 0.5) is 10.3 Å². The van der Waals surface area contributed by atoms with Crippen LogP contribution in [0, 0.1) is 5.82 Å². The van der Waals surface area contributed by atoms with Gasteiger partial charge in [0.1, 0.15) is 5.82 Å². The lowest BCUT2D eigenvalue weighted by Crippen LogP contribution is -2.22. The summed E-state index contributed by atoms with van der Waals surface area (Å²) in [6.45, 7) is 0.612. The Morgan fingerprint density at radius 2 is 1.78 bits per heavy atom. The second-order valence-corrected chi connectivity index (χ2v) is 5.86. The summed E-state index contributed by atoms with van der Waals surface area (Å²) in [4.78, 5) is 0. The molecule has 1 saturated carbocycles. The van der Waals surface area contributed by atoms with Gasteiger partial charge in [-0.05, 0) is 47.0 Å². The molecule has 0 aliphatic heterocycles. The zero-order valence-electron chi connectivity index (χ0n) is 12.5. The molecule has 0 saturated heterocycles. The molecule has 6 heteroatoms. The Kier molecular flexibility index (Phi) is 3.29. The Bertz CT molecular complexity index is 811. The van der Waals surface area contributed by atoms with Crippen LogP contribution in [0.2, 0.25) is 0 Å². The van der Waals surface area contributed by atoms with Gasteiger partial charge in [-0.3, -0.25) is 0 Å². The molecule has 0 bridgehead atoms. The highest BCUT2D eigenvalue weighted by atomic mass is 19.1. The lowest BCUT2D eigenvalue weighted by atomic mass is 9.95. The number of hydrogen-bond acceptors (Lipinski definition) is 4. The first kappa shape index (κ1) is 13.9. The molecule has 1 aromatic heterocycles. The molecule has 1 aliphatic rings. The molecule has 0 unspecified atom stereocenters. The van der Waals surface area contributed by atoms with E-state index in [4.69, 9.17) is 0 Å². The predicted molar refractivity (Wildman–Crippen MR) is 85.0 cm³/mol. The first-order chi connectivity index (χ1) is 11.3. The van der Waals surface area contributed by atoms with Gasteiger partial charge < -0.3 is 5.32 Å². The van der Waals surface area contributed by atoms with Crippen LogP contribution in [0.15, 0.2) is 54.6 Å². The van der Waals surface area contributed by atoms with E-state index < -0.39 is 0 Å². The van der Waals surface area contributed by atoms with E-state index in [-0.39, 0.29) is 11.2 Å². The van der Waals surface area contributed by atoms with Gasteiger partial charge >= 0.3 is 0 Å². The van der Waals surface area contributed by atoms with Gasteiger partial charge in [-0.25, -0.2) is 4.39 Å². The lowest BCUT2D eigenvalue weighted by molar-refractivity contribution is 0.577. The van der Waals surface area contributed by atoms with Crippen LogP contribution in [-0.4, -0.2) is 26.8 Å². The summed E-state index contributed by atoms with van der Waals surface area (Å²) in [6.07, 6.45) is 1.93. The monoisotopic (exact) mass is 309 g/mol. The molecular formula is C17H16FN5. The number of nitrogens with zero attached hydrogens (tertiary/aromatic N) is 4. The minimum Gasteiger partial charge on any atom is -0.352 e. The molecule has 2 aromatic carbocycles. The fraction of sp³-hybridized carbons (Fsp3) is 0.235. The van der Waals surface area contributed by atoms with Crippen molar-refractivity contribution >= 4 is 5.95 Å².